The molecule has 0 saturated heterocycles. The van der Waals surface area contributed by atoms with E-state index in [1.54, 1.807) is 12.6 Å². The highest BCUT2D eigenvalue weighted by Crippen LogP contribution is 2.19. The van der Waals surface area contributed by atoms with E-state index >= 15 is 0 Å². The molecule has 0 aromatic heterocycles. The molecule has 1 amide bonds. The minimum absolute atomic E-state index is 0. The van der Waals surface area contributed by atoms with Crippen LogP contribution in [0, 0.1) is 0 Å². The highest BCUT2D eigenvalue weighted by Gasteiger charge is 2.04. The third kappa shape index (κ3) is 8.07. The lowest BCUT2D eigenvalue weighted by Crippen LogP contribution is -2.37. The van der Waals surface area contributed by atoms with Crippen molar-refractivity contribution in [3.63, 3.8) is 0 Å². The average Bonchev–Trinajstić information content (AvgIpc) is 2.66. The molecule has 0 bridgehead atoms. The lowest BCUT2D eigenvalue weighted by atomic mass is 9.97. The highest BCUT2D eigenvalue weighted by molar-refractivity contribution is 14.0. The summed E-state index contributed by atoms with van der Waals surface area (Å²) in [6.45, 7) is 1.56. The molecule has 0 fully saturated rings. The zero-order valence-corrected chi connectivity index (χ0v) is 17.8. The first-order valence-corrected chi connectivity index (χ1v) is 8.77. The third-order valence-corrected chi connectivity index (χ3v) is 4.19. The SMILES string of the molecule is CN=C(NCCC1=CCCCC1)NCc1ccc(NC(=O)OC)cc1.I. The lowest BCUT2D eigenvalue weighted by Gasteiger charge is -2.15. The van der Waals surface area contributed by atoms with Gasteiger partial charge in [-0.1, -0.05) is 23.8 Å². The van der Waals surface area contributed by atoms with Crippen molar-refractivity contribution in [3.05, 3.63) is 41.5 Å². The van der Waals surface area contributed by atoms with Crippen molar-refractivity contribution in [1.29, 1.82) is 0 Å². The Kier molecular flexibility index (Phi) is 10.8. The average molecular weight is 472 g/mol. The number of nitrogens with zero attached hydrogens (tertiary/aromatic N) is 1. The maximum absolute atomic E-state index is 11.2. The number of guanidine groups is 1. The second kappa shape index (κ2) is 12.6. The number of carbonyl (C=O) groups is 1. The number of rotatable bonds is 6. The predicted molar refractivity (Wildman–Crippen MR) is 117 cm³/mol. The molecule has 0 aliphatic heterocycles. The molecule has 2 rings (SSSR count). The number of methoxy groups -OCH3 is 1. The molecule has 0 atom stereocenters. The van der Waals surface area contributed by atoms with Crippen LogP contribution in [0.25, 0.3) is 0 Å². The molecule has 6 nitrogen and oxygen atoms in total. The van der Waals surface area contributed by atoms with E-state index in [1.807, 2.05) is 24.3 Å². The molecule has 7 heteroatoms. The number of anilines is 1. The molecular weight excluding hydrogens is 443 g/mol. The summed E-state index contributed by atoms with van der Waals surface area (Å²) in [5, 5.41) is 9.29. The first-order chi connectivity index (χ1) is 12.2. The number of aliphatic imine (C=N–C) groups is 1. The number of ether oxygens (including phenoxy) is 1. The minimum atomic E-state index is -0.469. The predicted octanol–water partition coefficient (Wildman–Crippen LogP) is 4.04. The van der Waals surface area contributed by atoms with Crippen molar-refractivity contribution in [1.82, 2.24) is 10.6 Å². The Balaban J connectivity index is 0.00000338. The summed E-state index contributed by atoms with van der Waals surface area (Å²) < 4.78 is 4.57. The monoisotopic (exact) mass is 472 g/mol. The molecule has 1 aromatic rings. The molecular formula is C19H29IN4O2. The van der Waals surface area contributed by atoms with Gasteiger partial charge in [-0.2, -0.15) is 0 Å². The van der Waals surface area contributed by atoms with Crippen LogP contribution in [-0.2, 0) is 11.3 Å². The zero-order chi connectivity index (χ0) is 17.9. The summed E-state index contributed by atoms with van der Waals surface area (Å²) in [4.78, 5) is 15.4. The Hall–Kier alpha value is -1.77. The van der Waals surface area contributed by atoms with Gasteiger partial charge in [0.2, 0.25) is 0 Å². The van der Waals surface area contributed by atoms with Crippen molar-refractivity contribution in [3.8, 4) is 0 Å². The van der Waals surface area contributed by atoms with Crippen LogP contribution >= 0.6 is 24.0 Å². The summed E-state index contributed by atoms with van der Waals surface area (Å²) in [6, 6.07) is 7.61. The third-order valence-electron chi connectivity index (χ3n) is 4.19. The van der Waals surface area contributed by atoms with E-state index in [-0.39, 0.29) is 24.0 Å². The van der Waals surface area contributed by atoms with E-state index in [0.717, 1.165) is 24.5 Å². The maximum Gasteiger partial charge on any atom is 0.411 e. The largest absolute Gasteiger partial charge is 0.453 e. The molecule has 1 aliphatic rings. The Morgan fingerprint density at radius 2 is 1.96 bits per heavy atom. The number of nitrogens with one attached hydrogen (secondary N) is 3. The maximum atomic E-state index is 11.2. The molecule has 1 aliphatic carbocycles. The fourth-order valence-corrected chi connectivity index (χ4v) is 2.75. The van der Waals surface area contributed by atoms with Gasteiger partial charge in [-0.05, 0) is 49.8 Å². The minimum Gasteiger partial charge on any atom is -0.453 e. The number of allylic oxidation sites excluding steroid dienone is 1. The van der Waals surface area contributed by atoms with Gasteiger partial charge in [-0.3, -0.25) is 10.3 Å². The van der Waals surface area contributed by atoms with Crippen molar-refractivity contribution < 1.29 is 9.53 Å². The summed E-state index contributed by atoms with van der Waals surface area (Å²) in [6.07, 6.45) is 8.10. The standard InChI is InChI=1S/C19H28N4O2.HI/c1-20-18(21-13-12-15-6-4-3-5-7-15)22-14-16-8-10-17(11-9-16)23-19(24)25-2;/h6,8-11H,3-5,7,12-14H2,1-2H3,(H,23,24)(H2,20,21,22);1H. The first kappa shape index (κ1) is 22.3. The van der Waals surface area contributed by atoms with Crippen molar-refractivity contribution >= 4 is 41.7 Å². The molecule has 1 aromatic carbocycles. The van der Waals surface area contributed by atoms with Gasteiger partial charge in [0.15, 0.2) is 5.96 Å². The summed E-state index contributed by atoms with van der Waals surface area (Å²) >= 11 is 0. The van der Waals surface area contributed by atoms with E-state index in [0.29, 0.717) is 12.2 Å². The van der Waals surface area contributed by atoms with Gasteiger partial charge >= 0.3 is 6.09 Å². The number of hydrogen-bond donors (Lipinski definition) is 3. The summed E-state index contributed by atoms with van der Waals surface area (Å²) in [5.41, 5.74) is 3.37. The zero-order valence-electron chi connectivity index (χ0n) is 15.5. The van der Waals surface area contributed by atoms with Crippen LogP contribution in [0.15, 0.2) is 40.9 Å². The van der Waals surface area contributed by atoms with Gasteiger partial charge in [-0.25, -0.2) is 4.79 Å². The number of benzene rings is 1. The molecule has 0 radical (unpaired) electrons. The Labute approximate surface area is 172 Å². The van der Waals surface area contributed by atoms with Gasteiger partial charge in [0, 0.05) is 25.8 Å². The van der Waals surface area contributed by atoms with Crippen LogP contribution < -0.4 is 16.0 Å². The van der Waals surface area contributed by atoms with Gasteiger partial charge in [0.25, 0.3) is 0 Å². The number of amides is 1. The fraction of sp³-hybridized carbons (Fsp3) is 0.474. The number of halogens is 1. The quantitative estimate of drug-likeness (QED) is 0.253. The van der Waals surface area contributed by atoms with Gasteiger partial charge < -0.3 is 15.4 Å². The molecule has 0 unspecified atom stereocenters. The van der Waals surface area contributed by atoms with Crippen LogP contribution in [0.1, 0.15) is 37.7 Å². The molecule has 0 saturated carbocycles. The van der Waals surface area contributed by atoms with Crippen molar-refractivity contribution in [2.24, 2.45) is 4.99 Å². The highest BCUT2D eigenvalue weighted by atomic mass is 127. The summed E-state index contributed by atoms with van der Waals surface area (Å²) in [7, 11) is 3.12. The molecule has 26 heavy (non-hydrogen) atoms. The van der Waals surface area contributed by atoms with Gasteiger partial charge in [-0.15, -0.1) is 24.0 Å². The smallest absolute Gasteiger partial charge is 0.411 e. The van der Waals surface area contributed by atoms with E-state index < -0.39 is 6.09 Å². The van der Waals surface area contributed by atoms with Crippen LogP contribution in [0.5, 0.6) is 0 Å². The Morgan fingerprint density at radius 3 is 2.58 bits per heavy atom. The van der Waals surface area contributed by atoms with E-state index in [1.165, 1.54) is 32.8 Å². The van der Waals surface area contributed by atoms with Crippen molar-refractivity contribution in [2.45, 2.75) is 38.6 Å². The van der Waals surface area contributed by atoms with Crippen molar-refractivity contribution in [2.75, 3.05) is 26.0 Å². The normalized spacial score (nSPS) is 13.9. The van der Waals surface area contributed by atoms with Crippen LogP contribution in [-0.4, -0.2) is 32.8 Å². The van der Waals surface area contributed by atoms with Crippen LogP contribution in [0.4, 0.5) is 10.5 Å². The molecule has 0 spiro atoms. The molecule has 0 heterocycles. The van der Waals surface area contributed by atoms with Gasteiger partial charge in [0.1, 0.15) is 0 Å². The van der Waals surface area contributed by atoms with E-state index in [9.17, 15) is 4.79 Å². The molecule has 144 valence electrons. The van der Waals surface area contributed by atoms with E-state index in [4.69, 9.17) is 0 Å². The second-order valence-corrected chi connectivity index (χ2v) is 6.02. The van der Waals surface area contributed by atoms with E-state index in [2.05, 4.69) is 31.8 Å². The lowest BCUT2D eigenvalue weighted by molar-refractivity contribution is 0.187. The topological polar surface area (TPSA) is 74.8 Å². The number of carbonyl (C=O) groups excluding carboxylic acids is 1. The number of hydrogen-bond acceptors (Lipinski definition) is 3. The second-order valence-electron chi connectivity index (χ2n) is 6.02. The fourth-order valence-electron chi connectivity index (χ4n) is 2.75. The first-order valence-electron chi connectivity index (χ1n) is 8.77. The van der Waals surface area contributed by atoms with Gasteiger partial charge in [0.05, 0.1) is 7.11 Å². The Morgan fingerprint density at radius 1 is 1.19 bits per heavy atom. The van der Waals surface area contributed by atoms with Crippen LogP contribution in [0.2, 0.25) is 0 Å². The molecule has 3 N–H and O–H groups in total. The Bertz CT molecular complexity index is 614. The van der Waals surface area contributed by atoms with Crippen LogP contribution in [0.3, 0.4) is 0 Å². The summed E-state index contributed by atoms with van der Waals surface area (Å²) in [5.74, 6) is 0.799.